The Balaban J connectivity index is 1.87. The summed E-state index contributed by atoms with van der Waals surface area (Å²) in [4.78, 5) is 2.39. The molecule has 3 heteroatoms. The molecule has 1 aromatic rings. The van der Waals surface area contributed by atoms with Gasteiger partial charge >= 0.3 is 0 Å². The van der Waals surface area contributed by atoms with Crippen molar-refractivity contribution < 1.29 is 5.11 Å². The Kier molecular flexibility index (Phi) is 5.06. The van der Waals surface area contributed by atoms with Crippen molar-refractivity contribution in [2.75, 3.05) is 25.4 Å². The minimum atomic E-state index is -0.411. The monoisotopic (exact) mass is 276 g/mol. The normalized spacial score (nSPS) is 20.8. The van der Waals surface area contributed by atoms with Gasteiger partial charge in [-0.15, -0.1) is 0 Å². The van der Waals surface area contributed by atoms with Crippen molar-refractivity contribution in [1.82, 2.24) is 4.90 Å². The molecule has 0 spiro atoms. The average molecular weight is 276 g/mol. The summed E-state index contributed by atoms with van der Waals surface area (Å²) in [6.45, 7) is 7.56. The maximum atomic E-state index is 10.3. The average Bonchev–Trinajstić information content (AvgIpc) is 2.49. The molecule has 0 aromatic heterocycles. The third-order valence-electron chi connectivity index (χ3n) is 5.17. The summed E-state index contributed by atoms with van der Waals surface area (Å²) >= 11 is 0. The molecule has 1 aromatic carbocycles. The Bertz CT molecular complexity index is 402. The highest BCUT2D eigenvalue weighted by Gasteiger charge is 2.31. The molecule has 0 aliphatic carbocycles. The lowest BCUT2D eigenvalue weighted by atomic mass is 9.74. The van der Waals surface area contributed by atoms with Crippen molar-refractivity contribution >= 4 is 5.69 Å². The van der Waals surface area contributed by atoms with Crippen LogP contribution in [0.15, 0.2) is 24.3 Å². The van der Waals surface area contributed by atoms with E-state index in [4.69, 9.17) is 5.73 Å². The molecule has 1 unspecified atom stereocenters. The van der Waals surface area contributed by atoms with Gasteiger partial charge in [-0.25, -0.2) is 0 Å². The van der Waals surface area contributed by atoms with Crippen molar-refractivity contribution in [3.05, 3.63) is 29.8 Å². The van der Waals surface area contributed by atoms with Gasteiger partial charge in [-0.1, -0.05) is 38.8 Å². The summed E-state index contributed by atoms with van der Waals surface area (Å²) in [5, 5.41) is 10.3. The summed E-state index contributed by atoms with van der Waals surface area (Å²) in [6.07, 6.45) is 4.66. The molecule has 1 saturated heterocycles. The number of rotatable bonds is 5. The van der Waals surface area contributed by atoms with Crippen molar-refractivity contribution in [1.29, 1.82) is 0 Å². The van der Waals surface area contributed by atoms with E-state index in [0.29, 0.717) is 5.41 Å². The minimum Gasteiger partial charge on any atom is -0.399 e. The second kappa shape index (κ2) is 6.59. The van der Waals surface area contributed by atoms with E-state index in [-0.39, 0.29) is 0 Å². The van der Waals surface area contributed by atoms with Gasteiger partial charge in [0.1, 0.15) is 0 Å². The van der Waals surface area contributed by atoms with Gasteiger partial charge in [0.2, 0.25) is 0 Å². The van der Waals surface area contributed by atoms with E-state index in [1.54, 1.807) is 0 Å². The minimum absolute atomic E-state index is 0.411. The van der Waals surface area contributed by atoms with Crippen LogP contribution in [-0.2, 0) is 0 Å². The first-order valence-electron chi connectivity index (χ1n) is 7.84. The smallest absolute Gasteiger partial charge is 0.0916 e. The second-order valence-corrected chi connectivity index (χ2v) is 6.19. The van der Waals surface area contributed by atoms with Crippen molar-refractivity contribution in [2.24, 2.45) is 5.41 Å². The van der Waals surface area contributed by atoms with E-state index in [9.17, 15) is 5.11 Å². The van der Waals surface area contributed by atoms with Gasteiger partial charge < -0.3 is 15.7 Å². The zero-order valence-electron chi connectivity index (χ0n) is 12.8. The number of hydrogen-bond donors (Lipinski definition) is 2. The topological polar surface area (TPSA) is 49.5 Å². The molecule has 0 amide bonds. The standard InChI is InChI=1S/C17H28N2O/c1-3-17(4-2)9-11-19(12-10-17)13-16(20)14-5-7-15(18)8-6-14/h5-8,16,20H,3-4,9-13,18H2,1-2H3. The van der Waals surface area contributed by atoms with Crippen LogP contribution in [0.2, 0.25) is 0 Å². The van der Waals surface area contributed by atoms with E-state index in [2.05, 4.69) is 18.7 Å². The number of nitrogens with zero attached hydrogens (tertiary/aromatic N) is 1. The molecule has 3 N–H and O–H groups in total. The number of aliphatic hydroxyl groups excluding tert-OH is 1. The molecule has 0 radical (unpaired) electrons. The lowest BCUT2D eigenvalue weighted by molar-refractivity contribution is 0.0532. The molecule has 20 heavy (non-hydrogen) atoms. The number of nitrogens with two attached hydrogens (primary N) is 1. The van der Waals surface area contributed by atoms with E-state index >= 15 is 0 Å². The first-order valence-corrected chi connectivity index (χ1v) is 7.84. The molecule has 1 atom stereocenters. The number of aliphatic hydroxyl groups is 1. The van der Waals surface area contributed by atoms with E-state index in [0.717, 1.165) is 30.9 Å². The third-order valence-corrected chi connectivity index (χ3v) is 5.17. The maximum Gasteiger partial charge on any atom is 0.0916 e. The fraction of sp³-hybridized carbons (Fsp3) is 0.647. The largest absolute Gasteiger partial charge is 0.399 e. The SMILES string of the molecule is CCC1(CC)CCN(CC(O)c2ccc(N)cc2)CC1. The van der Waals surface area contributed by atoms with Crippen LogP contribution in [0, 0.1) is 5.41 Å². The lowest BCUT2D eigenvalue weighted by Crippen LogP contribution is -2.41. The highest BCUT2D eigenvalue weighted by atomic mass is 16.3. The maximum absolute atomic E-state index is 10.3. The summed E-state index contributed by atoms with van der Waals surface area (Å²) in [6, 6.07) is 7.56. The Labute approximate surface area is 122 Å². The van der Waals surface area contributed by atoms with Crippen LogP contribution in [0.4, 0.5) is 5.69 Å². The van der Waals surface area contributed by atoms with Crippen LogP contribution < -0.4 is 5.73 Å². The number of likely N-dealkylation sites (tertiary alicyclic amines) is 1. The highest BCUT2D eigenvalue weighted by molar-refractivity contribution is 5.39. The Morgan fingerprint density at radius 3 is 2.20 bits per heavy atom. The Morgan fingerprint density at radius 2 is 1.70 bits per heavy atom. The van der Waals surface area contributed by atoms with Gasteiger partial charge in [0.05, 0.1) is 6.10 Å². The van der Waals surface area contributed by atoms with Crippen molar-refractivity contribution in [3.63, 3.8) is 0 Å². The molecular weight excluding hydrogens is 248 g/mol. The molecule has 112 valence electrons. The van der Waals surface area contributed by atoms with E-state index in [1.807, 2.05) is 24.3 Å². The van der Waals surface area contributed by atoms with Crippen LogP contribution in [0.5, 0.6) is 0 Å². The van der Waals surface area contributed by atoms with Crippen LogP contribution in [-0.4, -0.2) is 29.6 Å². The summed E-state index contributed by atoms with van der Waals surface area (Å²) in [7, 11) is 0. The highest BCUT2D eigenvalue weighted by Crippen LogP contribution is 2.38. The first kappa shape index (κ1) is 15.3. The van der Waals surface area contributed by atoms with E-state index in [1.165, 1.54) is 25.7 Å². The van der Waals surface area contributed by atoms with Gasteiger partial charge in [0, 0.05) is 12.2 Å². The summed E-state index contributed by atoms with van der Waals surface area (Å²) in [5.74, 6) is 0. The number of nitrogen functional groups attached to an aromatic ring is 1. The molecule has 1 aliphatic heterocycles. The quantitative estimate of drug-likeness (QED) is 0.812. The van der Waals surface area contributed by atoms with Crippen LogP contribution in [0.3, 0.4) is 0 Å². The number of benzene rings is 1. The van der Waals surface area contributed by atoms with E-state index < -0.39 is 6.10 Å². The molecule has 2 rings (SSSR count). The van der Waals surface area contributed by atoms with Gasteiger partial charge in [0.25, 0.3) is 0 Å². The summed E-state index contributed by atoms with van der Waals surface area (Å²) < 4.78 is 0. The zero-order valence-corrected chi connectivity index (χ0v) is 12.8. The number of hydrogen-bond acceptors (Lipinski definition) is 3. The third kappa shape index (κ3) is 3.53. The molecule has 1 fully saturated rings. The van der Waals surface area contributed by atoms with Gasteiger partial charge in [-0.3, -0.25) is 0 Å². The number of piperidine rings is 1. The van der Waals surface area contributed by atoms with Crippen LogP contribution in [0.1, 0.15) is 51.2 Å². The van der Waals surface area contributed by atoms with Crippen molar-refractivity contribution in [3.8, 4) is 0 Å². The van der Waals surface area contributed by atoms with Gasteiger partial charge in [-0.2, -0.15) is 0 Å². The van der Waals surface area contributed by atoms with Crippen molar-refractivity contribution in [2.45, 2.75) is 45.6 Å². The molecule has 0 bridgehead atoms. The summed E-state index contributed by atoms with van der Waals surface area (Å²) in [5.41, 5.74) is 7.93. The molecular formula is C17H28N2O. The van der Waals surface area contributed by atoms with Gasteiger partial charge in [0.15, 0.2) is 0 Å². The van der Waals surface area contributed by atoms with Crippen LogP contribution >= 0.6 is 0 Å². The Morgan fingerprint density at radius 1 is 1.15 bits per heavy atom. The van der Waals surface area contributed by atoms with Crippen LogP contribution in [0.25, 0.3) is 0 Å². The predicted molar refractivity (Wildman–Crippen MR) is 84.5 cm³/mol. The van der Waals surface area contributed by atoms with Gasteiger partial charge in [-0.05, 0) is 49.0 Å². The fourth-order valence-corrected chi connectivity index (χ4v) is 3.24. The zero-order chi connectivity index (χ0) is 14.6. The lowest BCUT2D eigenvalue weighted by Gasteiger charge is -2.41. The Hall–Kier alpha value is -1.06. The molecule has 0 saturated carbocycles. The number of β-amino-alcohol motifs (C(OH)–C–C–N with tert-alkyl or cyclic N) is 1. The molecule has 3 nitrogen and oxygen atoms in total. The first-order chi connectivity index (χ1) is 9.58. The fourth-order valence-electron chi connectivity index (χ4n) is 3.24. The second-order valence-electron chi connectivity index (χ2n) is 6.19. The molecule has 1 aliphatic rings. The number of anilines is 1. The predicted octanol–water partition coefficient (Wildman–Crippen LogP) is 3.20. The molecule has 1 heterocycles.